The van der Waals surface area contributed by atoms with Crippen molar-refractivity contribution in [1.29, 1.82) is 0 Å². The smallest absolute Gasteiger partial charge is 0.255 e. The average molecular weight is 435 g/mol. The lowest BCUT2D eigenvalue weighted by Gasteiger charge is -2.27. The van der Waals surface area contributed by atoms with Crippen molar-refractivity contribution in [2.75, 3.05) is 0 Å². The molecule has 0 spiro atoms. The molecule has 0 aliphatic heterocycles. The van der Waals surface area contributed by atoms with Gasteiger partial charge in [-0.3, -0.25) is 4.79 Å². The van der Waals surface area contributed by atoms with Crippen LogP contribution in [0.5, 0.6) is 11.6 Å². The van der Waals surface area contributed by atoms with Crippen molar-refractivity contribution in [2.45, 2.75) is 65.8 Å². The minimum absolute atomic E-state index is 0.0123. The summed E-state index contributed by atoms with van der Waals surface area (Å²) in [7, 11) is 0. The average Bonchev–Trinajstić information content (AvgIpc) is 3.31. The zero-order valence-electron chi connectivity index (χ0n) is 19.3. The molecular weight excluding hydrogens is 404 g/mol. The number of aromatic nitrogens is 3. The van der Waals surface area contributed by atoms with E-state index in [9.17, 15) is 9.59 Å². The van der Waals surface area contributed by atoms with E-state index in [2.05, 4.69) is 47.1 Å². The molecule has 4 rings (SSSR count). The van der Waals surface area contributed by atoms with Gasteiger partial charge in [0.05, 0.1) is 11.8 Å². The number of fused-ring (bicyclic) bond motifs is 2. The number of carbonyl (C=O) groups excluding carboxylic acids is 2. The molecule has 1 aromatic carbocycles. The molecule has 3 aromatic rings. The van der Waals surface area contributed by atoms with Gasteiger partial charge >= 0.3 is 0 Å². The van der Waals surface area contributed by atoms with Crippen LogP contribution in [-0.4, -0.2) is 32.7 Å². The maximum atomic E-state index is 12.8. The topological polar surface area (TPSA) is 97.0 Å². The van der Waals surface area contributed by atoms with E-state index in [1.165, 1.54) is 11.1 Å². The van der Waals surface area contributed by atoms with Crippen LogP contribution in [0.25, 0.3) is 11.2 Å². The lowest BCUT2D eigenvalue weighted by Crippen LogP contribution is -2.41. The Balaban J connectivity index is 1.57. The Morgan fingerprint density at radius 3 is 2.81 bits per heavy atom. The summed E-state index contributed by atoms with van der Waals surface area (Å²) >= 11 is 0. The number of hydrogen-bond acceptors (Lipinski definition) is 5. The largest absolute Gasteiger partial charge is 0.437 e. The summed E-state index contributed by atoms with van der Waals surface area (Å²) in [6, 6.07) is 5.95. The van der Waals surface area contributed by atoms with Crippen LogP contribution in [-0.2, 0) is 11.2 Å². The van der Waals surface area contributed by atoms with E-state index in [4.69, 9.17) is 4.74 Å². The highest BCUT2D eigenvalue weighted by Gasteiger charge is 2.25. The van der Waals surface area contributed by atoms with Crippen molar-refractivity contribution in [1.82, 2.24) is 20.3 Å². The second kappa shape index (κ2) is 8.37. The first-order valence-corrected chi connectivity index (χ1v) is 11.1. The fourth-order valence-electron chi connectivity index (χ4n) is 4.00. The summed E-state index contributed by atoms with van der Waals surface area (Å²) in [5.41, 5.74) is 3.81. The predicted octanol–water partition coefficient (Wildman–Crippen LogP) is 4.92. The van der Waals surface area contributed by atoms with Crippen molar-refractivity contribution in [2.24, 2.45) is 5.41 Å². The van der Waals surface area contributed by atoms with Crippen molar-refractivity contribution in [3.63, 3.8) is 0 Å². The first-order valence-electron chi connectivity index (χ1n) is 11.1. The molecule has 32 heavy (non-hydrogen) atoms. The zero-order chi connectivity index (χ0) is 23.0. The molecule has 0 saturated carbocycles. The third kappa shape index (κ3) is 4.52. The summed E-state index contributed by atoms with van der Waals surface area (Å²) in [5.74, 6) is 1.20. The molecule has 2 atom stereocenters. The number of ether oxygens (including phenoxy) is 1. The molecule has 7 heteroatoms. The molecule has 1 amide bonds. The highest BCUT2D eigenvalue weighted by molar-refractivity contribution is 6.04. The molecular formula is C25H30N4O3. The van der Waals surface area contributed by atoms with Gasteiger partial charge in [0, 0.05) is 18.7 Å². The van der Waals surface area contributed by atoms with Crippen LogP contribution in [0, 0.1) is 5.41 Å². The lowest BCUT2D eigenvalue weighted by atomic mass is 9.88. The molecule has 0 fully saturated rings. The van der Waals surface area contributed by atoms with Crippen LogP contribution in [0.15, 0.2) is 30.6 Å². The summed E-state index contributed by atoms with van der Waals surface area (Å²) in [4.78, 5) is 36.4. The molecule has 7 nitrogen and oxygen atoms in total. The summed E-state index contributed by atoms with van der Waals surface area (Å²) in [6.07, 6.45) is 5.68. The van der Waals surface area contributed by atoms with E-state index in [-0.39, 0.29) is 29.1 Å². The molecule has 1 aliphatic rings. The van der Waals surface area contributed by atoms with Crippen LogP contribution >= 0.6 is 0 Å². The molecule has 0 saturated heterocycles. The van der Waals surface area contributed by atoms with Crippen molar-refractivity contribution >= 4 is 22.9 Å². The first-order chi connectivity index (χ1) is 15.1. The van der Waals surface area contributed by atoms with Crippen molar-refractivity contribution in [3.05, 3.63) is 47.3 Å². The number of ketones is 1. The summed E-state index contributed by atoms with van der Waals surface area (Å²) in [5, 5.41) is 3.04. The quantitative estimate of drug-likeness (QED) is 0.574. The number of H-pyrrole nitrogens is 1. The van der Waals surface area contributed by atoms with Gasteiger partial charge in [0.15, 0.2) is 5.65 Å². The van der Waals surface area contributed by atoms with Gasteiger partial charge in [0.2, 0.25) is 5.88 Å². The Kier molecular flexibility index (Phi) is 5.75. The molecule has 2 heterocycles. The molecule has 1 aliphatic carbocycles. The number of carbonyl (C=O) groups is 2. The van der Waals surface area contributed by atoms with E-state index in [0.717, 1.165) is 12.8 Å². The molecule has 0 unspecified atom stereocenters. The number of hydrogen-bond donors (Lipinski definition) is 2. The summed E-state index contributed by atoms with van der Waals surface area (Å²) in [6.45, 7) is 9.86. The van der Waals surface area contributed by atoms with Gasteiger partial charge in [0.1, 0.15) is 17.0 Å². The fourth-order valence-corrected chi connectivity index (χ4v) is 4.00. The van der Waals surface area contributed by atoms with Crippen LogP contribution in [0.3, 0.4) is 0 Å². The van der Waals surface area contributed by atoms with E-state index in [1.54, 1.807) is 19.3 Å². The number of Topliss-reactive ketones (excluding diaryl/α,β-unsaturated/α-hetero) is 1. The fraction of sp³-hybridized carbons (Fsp3) is 0.440. The summed E-state index contributed by atoms with van der Waals surface area (Å²) < 4.78 is 6.00. The number of amides is 1. The van der Waals surface area contributed by atoms with Crippen molar-refractivity contribution in [3.8, 4) is 11.6 Å². The first kappa shape index (κ1) is 22.0. The second-order valence-corrected chi connectivity index (χ2v) is 9.77. The zero-order valence-corrected chi connectivity index (χ0v) is 19.3. The maximum absolute atomic E-state index is 12.8. The SMILES string of the molecule is CC(=O)C[C@@H]1CCc2ccc(Oc3cnc4[nH]cc(C(=O)N[C@@H](C)C(C)(C)C)c4n3)cc21. The lowest BCUT2D eigenvalue weighted by molar-refractivity contribution is -0.117. The standard InChI is InChI=1S/C25H30N4O3/c1-14(30)10-17-7-6-16-8-9-18(11-19(16)17)32-21-13-27-23-22(29-21)20(12-26-23)24(31)28-15(2)25(3,4)5/h8-9,11-13,15,17H,6-7,10H2,1-5H3,(H,26,27)(H,28,31)/t15-,17-/m0/s1. The molecule has 0 bridgehead atoms. The highest BCUT2D eigenvalue weighted by atomic mass is 16.5. The molecule has 2 aromatic heterocycles. The second-order valence-electron chi connectivity index (χ2n) is 9.77. The number of aryl methyl sites for hydroxylation is 1. The Morgan fingerprint density at radius 2 is 2.09 bits per heavy atom. The van der Waals surface area contributed by atoms with E-state index < -0.39 is 0 Å². The molecule has 2 N–H and O–H groups in total. The minimum Gasteiger partial charge on any atom is -0.437 e. The van der Waals surface area contributed by atoms with Crippen LogP contribution in [0.4, 0.5) is 0 Å². The molecule has 168 valence electrons. The van der Waals surface area contributed by atoms with Gasteiger partial charge in [-0.1, -0.05) is 26.8 Å². The predicted molar refractivity (Wildman–Crippen MR) is 123 cm³/mol. The van der Waals surface area contributed by atoms with Crippen LogP contribution < -0.4 is 10.1 Å². The minimum atomic E-state index is -0.199. The van der Waals surface area contributed by atoms with E-state index in [0.29, 0.717) is 34.8 Å². The number of benzene rings is 1. The Morgan fingerprint density at radius 1 is 1.31 bits per heavy atom. The highest BCUT2D eigenvalue weighted by Crippen LogP contribution is 2.38. The van der Waals surface area contributed by atoms with Gasteiger partial charge in [0.25, 0.3) is 5.91 Å². The van der Waals surface area contributed by atoms with Crippen molar-refractivity contribution < 1.29 is 14.3 Å². The van der Waals surface area contributed by atoms with Crippen LogP contribution in [0.2, 0.25) is 0 Å². The van der Waals surface area contributed by atoms with E-state index in [1.807, 2.05) is 19.1 Å². The number of nitrogens with one attached hydrogen (secondary N) is 2. The molecule has 0 radical (unpaired) electrons. The number of nitrogens with zero attached hydrogens (tertiary/aromatic N) is 2. The van der Waals surface area contributed by atoms with Gasteiger partial charge < -0.3 is 19.8 Å². The van der Waals surface area contributed by atoms with Gasteiger partial charge in [-0.2, -0.15) is 0 Å². The Hall–Kier alpha value is -3.22. The van der Waals surface area contributed by atoms with Gasteiger partial charge in [-0.05, 0) is 61.3 Å². The maximum Gasteiger partial charge on any atom is 0.255 e. The monoisotopic (exact) mass is 434 g/mol. The van der Waals surface area contributed by atoms with Crippen LogP contribution in [0.1, 0.15) is 74.9 Å². The van der Waals surface area contributed by atoms with E-state index >= 15 is 0 Å². The normalized spacial score (nSPS) is 16.6. The third-order valence-corrected chi connectivity index (χ3v) is 6.33. The van der Waals surface area contributed by atoms with Gasteiger partial charge in [-0.25, -0.2) is 9.97 Å². The number of rotatable bonds is 6. The Bertz CT molecular complexity index is 1180. The number of aromatic amines is 1. The Labute approximate surface area is 188 Å². The third-order valence-electron chi connectivity index (χ3n) is 6.33. The van der Waals surface area contributed by atoms with Gasteiger partial charge in [-0.15, -0.1) is 0 Å².